The van der Waals surface area contributed by atoms with Crippen molar-refractivity contribution in [1.82, 2.24) is 14.5 Å². The highest BCUT2D eigenvalue weighted by atomic mass is 32.2. The van der Waals surface area contributed by atoms with Crippen LogP contribution in [0.4, 0.5) is 0 Å². The van der Waals surface area contributed by atoms with Crippen LogP contribution in [0.1, 0.15) is 36.5 Å². The van der Waals surface area contributed by atoms with Crippen molar-refractivity contribution in [2.45, 2.75) is 30.4 Å². The van der Waals surface area contributed by atoms with Gasteiger partial charge in [-0.3, -0.25) is 9.59 Å². The standard InChI is InChI=1S/C16H25N3O4S2/c1-4-7-17-15(20)12-5-8-19(9-6-12)25(22,23)14-10-13(11-24-14)16(21)18(2)3/h10-12H,4-9H2,1-3H3,(H,17,20). The molecular weight excluding hydrogens is 362 g/mol. The molecule has 0 radical (unpaired) electrons. The van der Waals surface area contributed by atoms with E-state index < -0.39 is 10.0 Å². The first-order valence-electron chi connectivity index (χ1n) is 8.35. The molecule has 1 aliphatic rings. The van der Waals surface area contributed by atoms with Gasteiger partial charge in [-0.25, -0.2) is 8.42 Å². The Morgan fingerprint density at radius 2 is 1.96 bits per heavy atom. The van der Waals surface area contributed by atoms with Gasteiger partial charge in [0.2, 0.25) is 5.91 Å². The van der Waals surface area contributed by atoms with E-state index in [0.717, 1.165) is 17.8 Å². The third-order valence-electron chi connectivity index (χ3n) is 4.20. The molecule has 2 amide bonds. The zero-order valence-corrected chi connectivity index (χ0v) is 16.5. The van der Waals surface area contributed by atoms with Gasteiger partial charge in [-0.05, 0) is 25.3 Å². The molecule has 1 aliphatic heterocycles. The number of nitrogens with one attached hydrogen (secondary N) is 1. The first-order chi connectivity index (χ1) is 11.8. The lowest BCUT2D eigenvalue weighted by atomic mass is 9.97. The van der Waals surface area contributed by atoms with Crippen molar-refractivity contribution in [3.63, 3.8) is 0 Å². The van der Waals surface area contributed by atoms with E-state index in [-0.39, 0.29) is 21.9 Å². The number of hydrogen-bond donors (Lipinski definition) is 1. The van der Waals surface area contributed by atoms with Crippen LogP contribution in [0.15, 0.2) is 15.7 Å². The summed E-state index contributed by atoms with van der Waals surface area (Å²) >= 11 is 1.06. The van der Waals surface area contributed by atoms with Crippen LogP contribution in [0.2, 0.25) is 0 Å². The van der Waals surface area contributed by atoms with Gasteiger partial charge in [0.05, 0.1) is 5.56 Å². The second kappa shape index (κ2) is 8.29. The normalized spacial score (nSPS) is 16.6. The molecular formula is C16H25N3O4S2. The van der Waals surface area contributed by atoms with Gasteiger partial charge in [-0.2, -0.15) is 4.31 Å². The first kappa shape index (κ1) is 19.9. The van der Waals surface area contributed by atoms with Crippen LogP contribution in [-0.4, -0.2) is 63.2 Å². The van der Waals surface area contributed by atoms with Crippen molar-refractivity contribution in [2.24, 2.45) is 5.92 Å². The Morgan fingerprint density at radius 3 is 2.52 bits per heavy atom. The van der Waals surface area contributed by atoms with Crippen LogP contribution < -0.4 is 5.32 Å². The fraction of sp³-hybridized carbons (Fsp3) is 0.625. The fourth-order valence-corrected chi connectivity index (χ4v) is 5.48. The molecule has 140 valence electrons. The summed E-state index contributed by atoms with van der Waals surface area (Å²) in [4.78, 5) is 25.4. The number of amides is 2. The highest BCUT2D eigenvalue weighted by molar-refractivity contribution is 7.91. The third kappa shape index (κ3) is 4.59. The summed E-state index contributed by atoms with van der Waals surface area (Å²) < 4.78 is 27.1. The molecule has 1 aromatic rings. The summed E-state index contributed by atoms with van der Waals surface area (Å²) in [7, 11) is -0.362. The number of carbonyl (C=O) groups is 2. The molecule has 0 aromatic carbocycles. The van der Waals surface area contributed by atoms with Crippen LogP contribution in [0.3, 0.4) is 0 Å². The SMILES string of the molecule is CCCNC(=O)C1CCN(S(=O)(=O)c2cc(C(=O)N(C)C)cs2)CC1. The molecule has 1 fully saturated rings. The van der Waals surface area contributed by atoms with E-state index in [4.69, 9.17) is 0 Å². The number of carbonyl (C=O) groups excluding carboxylic acids is 2. The maximum Gasteiger partial charge on any atom is 0.254 e. The molecule has 7 nitrogen and oxygen atoms in total. The van der Waals surface area contributed by atoms with Crippen LogP contribution in [-0.2, 0) is 14.8 Å². The Kier molecular flexibility index (Phi) is 6.59. The quantitative estimate of drug-likeness (QED) is 0.799. The smallest absolute Gasteiger partial charge is 0.254 e. The molecule has 25 heavy (non-hydrogen) atoms. The van der Waals surface area contributed by atoms with Crippen molar-refractivity contribution in [2.75, 3.05) is 33.7 Å². The number of piperidine rings is 1. The highest BCUT2D eigenvalue weighted by Crippen LogP contribution is 2.28. The zero-order valence-electron chi connectivity index (χ0n) is 14.8. The first-order valence-corrected chi connectivity index (χ1v) is 10.7. The van der Waals surface area contributed by atoms with E-state index in [9.17, 15) is 18.0 Å². The lowest BCUT2D eigenvalue weighted by Crippen LogP contribution is -2.42. The molecule has 1 saturated heterocycles. The van der Waals surface area contributed by atoms with Crippen LogP contribution in [0.5, 0.6) is 0 Å². The lowest BCUT2D eigenvalue weighted by molar-refractivity contribution is -0.126. The van der Waals surface area contributed by atoms with E-state index in [1.807, 2.05) is 6.92 Å². The van der Waals surface area contributed by atoms with Gasteiger partial charge in [-0.15, -0.1) is 11.3 Å². The average molecular weight is 388 g/mol. The summed E-state index contributed by atoms with van der Waals surface area (Å²) in [5, 5.41) is 4.44. The fourth-order valence-electron chi connectivity index (χ4n) is 2.70. The van der Waals surface area contributed by atoms with Gasteiger partial charge in [0.25, 0.3) is 15.9 Å². The molecule has 2 rings (SSSR count). The van der Waals surface area contributed by atoms with E-state index in [0.29, 0.717) is 38.0 Å². The number of nitrogens with zero attached hydrogens (tertiary/aromatic N) is 2. The predicted octanol–water partition coefficient (Wildman–Crippen LogP) is 1.38. The number of sulfonamides is 1. The predicted molar refractivity (Wildman–Crippen MR) is 97.1 cm³/mol. The molecule has 0 atom stereocenters. The van der Waals surface area contributed by atoms with E-state index >= 15 is 0 Å². The maximum atomic E-state index is 12.8. The van der Waals surface area contributed by atoms with Gasteiger partial charge in [-0.1, -0.05) is 6.92 Å². The summed E-state index contributed by atoms with van der Waals surface area (Å²) in [6, 6.07) is 1.43. The van der Waals surface area contributed by atoms with E-state index in [1.165, 1.54) is 15.3 Å². The monoisotopic (exact) mass is 387 g/mol. The second-order valence-electron chi connectivity index (χ2n) is 6.32. The molecule has 0 unspecified atom stereocenters. The van der Waals surface area contributed by atoms with Crippen molar-refractivity contribution in [1.29, 1.82) is 0 Å². The minimum atomic E-state index is -3.62. The van der Waals surface area contributed by atoms with Crippen molar-refractivity contribution < 1.29 is 18.0 Å². The number of hydrogen-bond acceptors (Lipinski definition) is 5. The van der Waals surface area contributed by atoms with Gasteiger partial charge in [0.15, 0.2) is 0 Å². The Hall–Kier alpha value is -1.45. The Balaban J connectivity index is 2.02. The molecule has 0 saturated carbocycles. The molecule has 0 spiro atoms. The Morgan fingerprint density at radius 1 is 1.32 bits per heavy atom. The molecule has 1 N–H and O–H groups in total. The number of thiophene rings is 1. The van der Waals surface area contributed by atoms with Crippen molar-refractivity contribution in [3.8, 4) is 0 Å². The minimum Gasteiger partial charge on any atom is -0.356 e. The van der Waals surface area contributed by atoms with Crippen LogP contribution >= 0.6 is 11.3 Å². The molecule has 0 bridgehead atoms. The molecule has 0 aliphatic carbocycles. The average Bonchev–Trinajstić information content (AvgIpc) is 3.09. The summed E-state index contributed by atoms with van der Waals surface area (Å²) in [5.74, 6) is -0.342. The van der Waals surface area contributed by atoms with Gasteiger partial charge >= 0.3 is 0 Å². The third-order valence-corrected chi connectivity index (χ3v) is 7.51. The highest BCUT2D eigenvalue weighted by Gasteiger charge is 2.33. The van der Waals surface area contributed by atoms with Gasteiger partial charge < -0.3 is 10.2 Å². The van der Waals surface area contributed by atoms with Crippen LogP contribution in [0.25, 0.3) is 0 Å². The van der Waals surface area contributed by atoms with E-state index in [1.54, 1.807) is 19.5 Å². The van der Waals surface area contributed by atoms with Crippen LogP contribution in [0, 0.1) is 5.92 Å². The molecule has 1 aromatic heterocycles. The molecule has 9 heteroatoms. The second-order valence-corrected chi connectivity index (χ2v) is 9.40. The van der Waals surface area contributed by atoms with Crippen molar-refractivity contribution in [3.05, 3.63) is 17.0 Å². The Labute approximate surface area is 153 Å². The van der Waals surface area contributed by atoms with Gasteiger partial charge in [0, 0.05) is 45.0 Å². The molecule has 2 heterocycles. The largest absolute Gasteiger partial charge is 0.356 e. The topological polar surface area (TPSA) is 86.8 Å². The van der Waals surface area contributed by atoms with E-state index in [2.05, 4.69) is 5.32 Å². The maximum absolute atomic E-state index is 12.8. The van der Waals surface area contributed by atoms with Crippen molar-refractivity contribution >= 4 is 33.2 Å². The van der Waals surface area contributed by atoms with Gasteiger partial charge in [0.1, 0.15) is 4.21 Å². The summed E-state index contributed by atoms with van der Waals surface area (Å²) in [6.45, 7) is 3.28. The summed E-state index contributed by atoms with van der Waals surface area (Å²) in [6.07, 6.45) is 1.92. The minimum absolute atomic E-state index is 0.00823. The summed E-state index contributed by atoms with van der Waals surface area (Å²) in [5.41, 5.74) is 0.377. The number of rotatable bonds is 6. The Bertz CT molecular complexity index is 719. The zero-order chi connectivity index (χ0) is 18.6. The lowest BCUT2D eigenvalue weighted by Gasteiger charge is -2.30.